The van der Waals surface area contributed by atoms with Crippen molar-refractivity contribution >= 4 is 39.2 Å². The molecule has 7 nitrogen and oxygen atoms in total. The number of carboxylic acid groups (broad SMARTS) is 1. The maximum atomic E-state index is 12.6. The van der Waals surface area contributed by atoms with E-state index >= 15 is 0 Å². The highest BCUT2D eigenvalue weighted by Gasteiger charge is 2.34. The smallest absolute Gasteiger partial charge is 0.303 e. The topological polar surface area (TPSA) is 119 Å². The first-order valence-corrected chi connectivity index (χ1v) is 11.9. The summed E-state index contributed by atoms with van der Waals surface area (Å²) < 4.78 is 30.4. The molecule has 0 fully saturated rings. The fourth-order valence-electron chi connectivity index (χ4n) is 3.50. The molecule has 3 rings (SSSR count). The summed E-state index contributed by atoms with van der Waals surface area (Å²) >= 11 is 0. The number of unbranched alkanes of at least 4 members (excludes halogenated alkanes) is 2. The molecular formula is C24H28N2O5S. The lowest BCUT2D eigenvalue weighted by molar-refractivity contribution is -0.137. The van der Waals surface area contributed by atoms with Crippen LogP contribution in [0.25, 0.3) is 6.08 Å². The number of aliphatic imine (C=N–C) groups is 1. The molecule has 0 amide bonds. The van der Waals surface area contributed by atoms with Crippen LogP contribution in [-0.2, 0) is 24.5 Å². The number of carbonyl (C=O) groups is 1. The van der Waals surface area contributed by atoms with E-state index in [0.29, 0.717) is 24.9 Å². The van der Waals surface area contributed by atoms with Crippen LogP contribution in [0.3, 0.4) is 0 Å². The van der Waals surface area contributed by atoms with Gasteiger partial charge < -0.3 is 10.8 Å². The zero-order chi connectivity index (χ0) is 23.4. The third-order valence-corrected chi connectivity index (χ3v) is 6.76. The highest BCUT2D eigenvalue weighted by Crippen LogP contribution is 2.41. The first-order valence-electron chi connectivity index (χ1n) is 10.5. The number of nitrogens with zero attached hydrogens (tertiary/aromatic N) is 1. The highest BCUT2D eigenvalue weighted by molar-refractivity contribution is 7.86. The first kappa shape index (κ1) is 23.7. The van der Waals surface area contributed by atoms with Gasteiger partial charge in [-0.25, -0.2) is 0 Å². The van der Waals surface area contributed by atoms with Gasteiger partial charge in [-0.05, 0) is 60.4 Å². The minimum absolute atomic E-state index is 0.0223. The van der Waals surface area contributed by atoms with Crippen LogP contribution >= 0.6 is 0 Å². The van der Waals surface area contributed by atoms with Crippen LogP contribution < -0.4 is 5.73 Å². The lowest BCUT2D eigenvalue weighted by Gasteiger charge is -2.21. The summed E-state index contributed by atoms with van der Waals surface area (Å²) in [5.74, 6) is -0.857. The number of hydrogen-bond acceptors (Lipinski definition) is 6. The van der Waals surface area contributed by atoms with Crippen molar-refractivity contribution in [3.63, 3.8) is 0 Å². The zero-order valence-corrected chi connectivity index (χ0v) is 19.1. The van der Waals surface area contributed by atoms with Crippen molar-refractivity contribution in [2.75, 3.05) is 12.3 Å². The largest absolute Gasteiger partial charge is 0.481 e. The Bertz CT molecular complexity index is 1150. The molecule has 2 aromatic carbocycles. The van der Waals surface area contributed by atoms with E-state index in [1.807, 2.05) is 50.3 Å². The number of nitrogen functional groups attached to an aromatic ring is 1. The Balaban J connectivity index is 1.69. The predicted octanol–water partition coefficient (Wildman–Crippen LogP) is 4.70. The molecule has 0 unspecified atom stereocenters. The van der Waals surface area contributed by atoms with Gasteiger partial charge in [0.25, 0.3) is 10.1 Å². The molecule has 1 aliphatic heterocycles. The molecule has 0 aromatic heterocycles. The van der Waals surface area contributed by atoms with Gasteiger partial charge in [0.15, 0.2) is 0 Å². The van der Waals surface area contributed by atoms with E-state index in [-0.39, 0.29) is 17.9 Å². The van der Waals surface area contributed by atoms with Crippen LogP contribution in [0.5, 0.6) is 0 Å². The van der Waals surface area contributed by atoms with E-state index in [2.05, 4.69) is 0 Å². The molecule has 8 heteroatoms. The van der Waals surface area contributed by atoms with E-state index in [0.717, 1.165) is 22.5 Å². The van der Waals surface area contributed by atoms with Gasteiger partial charge in [-0.1, -0.05) is 38.5 Å². The van der Waals surface area contributed by atoms with Crippen LogP contribution in [0, 0.1) is 0 Å². The van der Waals surface area contributed by atoms with Gasteiger partial charge >= 0.3 is 5.97 Å². The molecule has 2 aromatic rings. The molecule has 32 heavy (non-hydrogen) atoms. The Morgan fingerprint density at radius 2 is 1.81 bits per heavy atom. The summed E-state index contributed by atoms with van der Waals surface area (Å²) in [5.41, 5.74) is 9.34. The Morgan fingerprint density at radius 3 is 2.50 bits per heavy atom. The molecule has 3 N–H and O–H groups in total. The van der Waals surface area contributed by atoms with Crippen LogP contribution in [0.2, 0.25) is 0 Å². The number of benzene rings is 2. The number of allylic oxidation sites excluding steroid dienone is 1. The van der Waals surface area contributed by atoms with Gasteiger partial charge in [0.2, 0.25) is 0 Å². The van der Waals surface area contributed by atoms with Crippen molar-refractivity contribution in [1.82, 2.24) is 0 Å². The van der Waals surface area contributed by atoms with Crippen LogP contribution in [0.1, 0.15) is 50.7 Å². The number of anilines is 1. The molecule has 0 radical (unpaired) electrons. The molecule has 1 aliphatic rings. The zero-order valence-electron chi connectivity index (χ0n) is 18.2. The first-order chi connectivity index (χ1) is 15.1. The second kappa shape index (κ2) is 9.67. The van der Waals surface area contributed by atoms with Crippen molar-refractivity contribution < 1.29 is 22.5 Å². The van der Waals surface area contributed by atoms with Gasteiger partial charge in [0.1, 0.15) is 0 Å². The van der Waals surface area contributed by atoms with E-state index in [1.54, 1.807) is 12.1 Å². The van der Waals surface area contributed by atoms with E-state index in [1.165, 1.54) is 6.07 Å². The minimum Gasteiger partial charge on any atom is -0.481 e. The van der Waals surface area contributed by atoms with E-state index in [4.69, 9.17) is 20.0 Å². The SMILES string of the molecule is CC1(C)C(C=Cc2ccc(N)cc2)=Nc2ccc(S(=O)(=O)OCCCCCC(=O)O)cc21. The number of hydrogen-bond donors (Lipinski definition) is 2. The second-order valence-corrected chi connectivity index (χ2v) is 9.90. The maximum Gasteiger partial charge on any atom is 0.303 e. The van der Waals surface area contributed by atoms with Crippen molar-refractivity contribution in [2.45, 2.75) is 49.8 Å². The summed E-state index contributed by atoms with van der Waals surface area (Å²) in [6, 6.07) is 12.3. The van der Waals surface area contributed by atoms with Crippen molar-refractivity contribution in [2.24, 2.45) is 4.99 Å². The summed E-state index contributed by atoms with van der Waals surface area (Å²) in [7, 11) is -3.91. The van der Waals surface area contributed by atoms with Crippen LogP contribution in [0.15, 0.2) is 58.4 Å². The van der Waals surface area contributed by atoms with Crippen LogP contribution in [-0.4, -0.2) is 31.8 Å². The van der Waals surface area contributed by atoms with E-state index in [9.17, 15) is 13.2 Å². The predicted molar refractivity (Wildman–Crippen MR) is 126 cm³/mol. The Labute approximate surface area is 188 Å². The summed E-state index contributed by atoms with van der Waals surface area (Å²) in [6.45, 7) is 4.03. The van der Waals surface area contributed by atoms with Gasteiger partial charge in [0, 0.05) is 17.5 Å². The van der Waals surface area contributed by atoms with Gasteiger partial charge in [0.05, 0.1) is 22.9 Å². The Morgan fingerprint density at radius 1 is 1.09 bits per heavy atom. The standard InChI is InChI=1S/C24H28N2O5S/c1-24(2)20-16-19(32(29,30)31-15-5-3-4-6-23(27)28)12-13-21(20)26-22(24)14-9-17-7-10-18(25)11-8-17/h7-14,16H,3-6,15,25H2,1-2H3,(H,27,28). The number of nitrogens with two attached hydrogens (primary N) is 1. The molecular weight excluding hydrogens is 428 g/mol. The average Bonchev–Trinajstić information content (AvgIpc) is 2.99. The van der Waals surface area contributed by atoms with Crippen molar-refractivity contribution in [3.05, 3.63) is 59.7 Å². The normalized spacial score (nSPS) is 15.0. The number of rotatable bonds is 10. The average molecular weight is 457 g/mol. The molecule has 0 bridgehead atoms. The quantitative estimate of drug-likeness (QED) is 0.304. The van der Waals surface area contributed by atoms with Crippen molar-refractivity contribution in [3.8, 4) is 0 Å². The number of aliphatic carboxylic acids is 1. The van der Waals surface area contributed by atoms with Crippen molar-refractivity contribution in [1.29, 1.82) is 0 Å². The maximum absolute atomic E-state index is 12.6. The third-order valence-electron chi connectivity index (χ3n) is 5.45. The Kier molecular flexibility index (Phi) is 7.16. The minimum atomic E-state index is -3.91. The lowest BCUT2D eigenvalue weighted by Crippen LogP contribution is -2.24. The lowest BCUT2D eigenvalue weighted by atomic mass is 9.81. The van der Waals surface area contributed by atoms with E-state index < -0.39 is 21.5 Å². The number of carboxylic acids is 1. The molecule has 0 atom stereocenters. The van der Waals surface area contributed by atoms with Crippen LogP contribution in [0.4, 0.5) is 11.4 Å². The molecule has 0 saturated heterocycles. The fraction of sp³-hybridized carbons (Fsp3) is 0.333. The molecule has 0 aliphatic carbocycles. The van der Waals surface area contributed by atoms with Gasteiger partial charge in [-0.15, -0.1) is 0 Å². The summed E-state index contributed by atoms with van der Waals surface area (Å²) in [6.07, 6.45) is 5.53. The second-order valence-electron chi connectivity index (χ2n) is 8.28. The van der Waals surface area contributed by atoms with Gasteiger partial charge in [-0.2, -0.15) is 8.42 Å². The molecule has 0 saturated carbocycles. The molecule has 170 valence electrons. The third kappa shape index (κ3) is 5.63. The number of fused-ring (bicyclic) bond motifs is 1. The van der Waals surface area contributed by atoms with Gasteiger partial charge in [-0.3, -0.25) is 14.0 Å². The summed E-state index contributed by atoms with van der Waals surface area (Å²) in [4.78, 5) is 15.3. The molecule has 0 spiro atoms. The summed E-state index contributed by atoms with van der Waals surface area (Å²) in [5, 5.41) is 8.64. The monoisotopic (exact) mass is 456 g/mol. The highest BCUT2D eigenvalue weighted by atomic mass is 32.2. The fourth-order valence-corrected chi connectivity index (χ4v) is 4.47. The Hall–Kier alpha value is -2.97. The molecule has 1 heterocycles.